The maximum Gasteiger partial charge on any atom is 0.326 e. The van der Waals surface area contributed by atoms with Gasteiger partial charge in [-0.1, -0.05) is 27.2 Å². The molecule has 1 rings (SSSR count). The number of hydrogen-bond donors (Lipinski definition) is 2. The summed E-state index contributed by atoms with van der Waals surface area (Å²) in [5, 5.41) is 11.7. The number of rotatable bonds is 4. The summed E-state index contributed by atoms with van der Waals surface area (Å²) in [6.45, 7) is 5.42. The van der Waals surface area contributed by atoms with E-state index in [1.165, 1.54) is 0 Å². The molecule has 1 saturated heterocycles. The highest BCUT2D eigenvalue weighted by Gasteiger charge is 2.39. The molecule has 0 aromatic heterocycles. The van der Waals surface area contributed by atoms with E-state index in [9.17, 15) is 23.1 Å². The van der Waals surface area contributed by atoms with E-state index in [4.69, 9.17) is 0 Å². The molecular formula is C13H24N2O5S. The number of piperidine rings is 1. The van der Waals surface area contributed by atoms with E-state index in [-0.39, 0.29) is 0 Å². The molecule has 2 N–H and O–H groups in total. The normalized spacial score (nSPS) is 22.6. The average molecular weight is 320 g/mol. The lowest BCUT2D eigenvalue weighted by molar-refractivity contribution is -0.145. The van der Waals surface area contributed by atoms with Crippen molar-refractivity contribution in [1.82, 2.24) is 9.62 Å². The average Bonchev–Trinajstić information content (AvgIpc) is 2.32. The molecule has 0 saturated carbocycles. The maximum atomic E-state index is 12.3. The van der Waals surface area contributed by atoms with Crippen LogP contribution in [0.4, 0.5) is 0 Å². The second-order valence-corrected chi connectivity index (χ2v) is 8.47. The van der Waals surface area contributed by atoms with Gasteiger partial charge in [-0.25, -0.2) is 13.2 Å². The molecule has 7 nitrogen and oxygen atoms in total. The van der Waals surface area contributed by atoms with Crippen LogP contribution in [0.1, 0.15) is 40.0 Å². The predicted molar refractivity (Wildman–Crippen MR) is 78.2 cm³/mol. The van der Waals surface area contributed by atoms with Gasteiger partial charge in [-0.15, -0.1) is 0 Å². The van der Waals surface area contributed by atoms with Crippen molar-refractivity contribution in [2.45, 2.75) is 52.1 Å². The summed E-state index contributed by atoms with van der Waals surface area (Å²) in [6.07, 6.45) is 2.93. The van der Waals surface area contributed by atoms with E-state index in [1.54, 1.807) is 20.8 Å². The second-order valence-electron chi connectivity index (χ2n) is 6.53. The summed E-state index contributed by atoms with van der Waals surface area (Å²) in [7, 11) is -3.49. The molecule has 1 fully saturated rings. The van der Waals surface area contributed by atoms with Crippen LogP contribution in [0.5, 0.6) is 0 Å². The first-order chi connectivity index (χ1) is 9.44. The van der Waals surface area contributed by atoms with E-state index in [1.807, 2.05) is 0 Å². The first-order valence-corrected chi connectivity index (χ1v) is 8.79. The van der Waals surface area contributed by atoms with E-state index in [0.717, 1.165) is 17.0 Å². The fourth-order valence-corrected chi connectivity index (χ4v) is 3.58. The van der Waals surface area contributed by atoms with Crippen molar-refractivity contribution in [2.24, 2.45) is 5.41 Å². The minimum Gasteiger partial charge on any atom is -0.480 e. The Balaban J connectivity index is 2.92. The highest BCUT2D eigenvalue weighted by Crippen LogP contribution is 2.23. The molecule has 1 unspecified atom stereocenters. The van der Waals surface area contributed by atoms with Crippen molar-refractivity contribution in [2.75, 3.05) is 12.8 Å². The summed E-state index contributed by atoms with van der Waals surface area (Å²) >= 11 is 0. The maximum absolute atomic E-state index is 12.3. The molecule has 0 spiro atoms. The third-order valence-electron chi connectivity index (χ3n) is 3.58. The zero-order valence-electron chi connectivity index (χ0n) is 12.9. The van der Waals surface area contributed by atoms with Crippen LogP contribution < -0.4 is 5.32 Å². The number of amides is 1. The highest BCUT2D eigenvalue weighted by molar-refractivity contribution is 7.88. The first-order valence-electron chi connectivity index (χ1n) is 6.94. The summed E-state index contributed by atoms with van der Waals surface area (Å²) in [4.78, 5) is 23.6. The van der Waals surface area contributed by atoms with Crippen LogP contribution in [-0.2, 0) is 19.6 Å². The van der Waals surface area contributed by atoms with Crippen LogP contribution in [0, 0.1) is 5.41 Å². The van der Waals surface area contributed by atoms with E-state index < -0.39 is 39.4 Å². The van der Waals surface area contributed by atoms with E-state index >= 15 is 0 Å². The summed E-state index contributed by atoms with van der Waals surface area (Å²) in [5.41, 5.74) is -0.661. The lowest BCUT2D eigenvalue weighted by Crippen LogP contribution is -2.57. The first kappa shape index (κ1) is 17.9. The van der Waals surface area contributed by atoms with Crippen LogP contribution in [0.3, 0.4) is 0 Å². The molecule has 0 radical (unpaired) electrons. The predicted octanol–water partition coefficient (Wildman–Crippen LogP) is 0.416. The largest absolute Gasteiger partial charge is 0.480 e. The lowest BCUT2D eigenvalue weighted by atomic mass is 9.86. The van der Waals surface area contributed by atoms with E-state index in [2.05, 4.69) is 5.32 Å². The van der Waals surface area contributed by atoms with Gasteiger partial charge in [0.15, 0.2) is 0 Å². The smallest absolute Gasteiger partial charge is 0.326 e. The molecule has 0 aromatic carbocycles. The summed E-state index contributed by atoms with van der Waals surface area (Å²) in [5.74, 6) is -1.67. The van der Waals surface area contributed by atoms with Crippen molar-refractivity contribution >= 4 is 21.9 Å². The Morgan fingerprint density at radius 3 is 2.29 bits per heavy atom. The monoisotopic (exact) mass is 320 g/mol. The fraction of sp³-hybridized carbons (Fsp3) is 0.846. The Kier molecular flexibility index (Phi) is 5.38. The molecule has 1 amide bonds. The minimum absolute atomic E-state index is 0.296. The molecule has 0 aromatic rings. The van der Waals surface area contributed by atoms with Crippen LogP contribution in [0.25, 0.3) is 0 Å². The number of nitrogens with zero attached hydrogens (tertiary/aromatic N) is 1. The zero-order valence-corrected chi connectivity index (χ0v) is 13.7. The van der Waals surface area contributed by atoms with Crippen LogP contribution in [-0.4, -0.2) is 54.6 Å². The lowest BCUT2D eigenvalue weighted by Gasteiger charge is -2.35. The molecule has 0 aliphatic carbocycles. The summed E-state index contributed by atoms with van der Waals surface area (Å²) < 4.78 is 24.7. The van der Waals surface area contributed by atoms with Crippen molar-refractivity contribution in [3.8, 4) is 0 Å². The number of hydrogen-bond acceptors (Lipinski definition) is 4. The third kappa shape index (κ3) is 4.67. The van der Waals surface area contributed by atoms with Crippen molar-refractivity contribution in [3.63, 3.8) is 0 Å². The molecule has 21 heavy (non-hydrogen) atoms. The molecule has 1 aliphatic rings. The van der Waals surface area contributed by atoms with Crippen LogP contribution in [0.2, 0.25) is 0 Å². The Morgan fingerprint density at radius 2 is 1.86 bits per heavy atom. The Morgan fingerprint density at radius 1 is 1.29 bits per heavy atom. The van der Waals surface area contributed by atoms with Gasteiger partial charge < -0.3 is 10.4 Å². The molecule has 8 heteroatoms. The van der Waals surface area contributed by atoms with Gasteiger partial charge in [0.1, 0.15) is 12.1 Å². The van der Waals surface area contributed by atoms with Crippen molar-refractivity contribution < 1.29 is 23.1 Å². The van der Waals surface area contributed by atoms with Gasteiger partial charge in [0, 0.05) is 6.54 Å². The Bertz CT molecular complexity index is 509. The fourth-order valence-electron chi connectivity index (χ4n) is 2.45. The number of aliphatic carboxylic acids is 1. The van der Waals surface area contributed by atoms with Crippen molar-refractivity contribution in [1.29, 1.82) is 0 Å². The van der Waals surface area contributed by atoms with Gasteiger partial charge >= 0.3 is 5.97 Å². The number of carbonyl (C=O) groups is 2. The molecule has 2 atom stereocenters. The quantitative estimate of drug-likeness (QED) is 0.781. The van der Waals surface area contributed by atoms with Gasteiger partial charge in [0.05, 0.1) is 6.26 Å². The Labute approximate surface area is 125 Å². The van der Waals surface area contributed by atoms with Gasteiger partial charge in [-0.2, -0.15) is 4.31 Å². The number of nitrogens with one attached hydrogen (secondary N) is 1. The van der Waals surface area contributed by atoms with Gasteiger partial charge in [-0.05, 0) is 18.3 Å². The second kappa shape index (κ2) is 6.31. The topological polar surface area (TPSA) is 104 Å². The zero-order chi connectivity index (χ0) is 16.4. The molecule has 1 heterocycles. The Hall–Kier alpha value is -1.15. The standard InChI is InChI=1S/C13H24N2O5S/c1-13(2,3)10(12(17)18)14-11(16)9-7-5-6-8-15(9)21(4,19)20/h9-10H,5-8H2,1-4H3,(H,14,16)(H,17,18)/t9?,10-/m0/s1. The van der Waals surface area contributed by atoms with Crippen molar-refractivity contribution in [3.05, 3.63) is 0 Å². The summed E-state index contributed by atoms with van der Waals surface area (Å²) in [6, 6.07) is -1.88. The van der Waals surface area contributed by atoms with E-state index in [0.29, 0.717) is 19.4 Å². The molecule has 1 aliphatic heterocycles. The van der Waals surface area contributed by atoms with Gasteiger partial charge in [0.2, 0.25) is 15.9 Å². The molecule has 0 bridgehead atoms. The minimum atomic E-state index is -3.49. The highest BCUT2D eigenvalue weighted by atomic mass is 32.2. The number of carbonyl (C=O) groups excluding carboxylic acids is 1. The molecule has 122 valence electrons. The van der Waals surface area contributed by atoms with Gasteiger partial charge in [-0.3, -0.25) is 4.79 Å². The molecular weight excluding hydrogens is 296 g/mol. The SMILES string of the molecule is CC(C)(C)[C@@H](NC(=O)C1CCCCN1S(C)(=O)=O)C(=O)O. The van der Waals surface area contributed by atoms with Crippen LogP contribution >= 0.6 is 0 Å². The third-order valence-corrected chi connectivity index (χ3v) is 4.87. The van der Waals surface area contributed by atoms with Gasteiger partial charge in [0.25, 0.3) is 0 Å². The number of carboxylic acids is 1. The number of carboxylic acid groups (broad SMARTS) is 1. The van der Waals surface area contributed by atoms with Crippen LogP contribution in [0.15, 0.2) is 0 Å². The number of sulfonamides is 1.